The maximum atomic E-state index is 2.17. The van der Waals surface area contributed by atoms with Crippen molar-refractivity contribution in [3.05, 3.63) is 35.9 Å². The molecule has 1 aromatic rings. The molecule has 2 heteroatoms. The van der Waals surface area contributed by atoms with Crippen molar-refractivity contribution in [2.24, 2.45) is 0 Å². The maximum Gasteiger partial charge on any atom is 0.0392 e. The van der Waals surface area contributed by atoms with Crippen LogP contribution in [-0.4, -0.2) is 11.3 Å². The van der Waals surface area contributed by atoms with Crippen LogP contribution in [0.5, 0.6) is 0 Å². The third kappa shape index (κ3) is 3.73. The highest BCUT2D eigenvalue weighted by atomic mass is 32.2. The smallest absolute Gasteiger partial charge is 0.0392 e. The van der Waals surface area contributed by atoms with Crippen LogP contribution >= 0.6 is 23.5 Å². The van der Waals surface area contributed by atoms with Crippen molar-refractivity contribution in [3.8, 4) is 0 Å². The highest BCUT2D eigenvalue weighted by Gasteiger charge is 1.89. The molecule has 1 aromatic carbocycles. The van der Waals surface area contributed by atoms with Crippen LogP contribution in [0, 0.1) is 0 Å². The Morgan fingerprint density at radius 1 is 1.18 bits per heavy atom. The molecular weight excluding hydrogens is 172 g/mol. The Bertz CT molecular complexity index is 184. The largest absolute Gasteiger partial charge is 0.154 e. The summed E-state index contributed by atoms with van der Waals surface area (Å²) in [7, 11) is 0. The molecule has 0 amide bonds. The summed E-state index contributed by atoms with van der Waals surface area (Å²) in [5, 5.41) is 1.19. The highest BCUT2D eigenvalue weighted by molar-refractivity contribution is 8.15. The Balaban J connectivity index is 2.28. The minimum atomic E-state index is 1.14. The molecule has 0 fully saturated rings. The van der Waals surface area contributed by atoms with Crippen molar-refractivity contribution in [3.63, 3.8) is 0 Å². The van der Waals surface area contributed by atoms with E-state index in [1.54, 1.807) is 0 Å². The van der Waals surface area contributed by atoms with Gasteiger partial charge in [0.05, 0.1) is 0 Å². The molecular formula is C9H12S2. The van der Waals surface area contributed by atoms with Crippen molar-refractivity contribution in [1.29, 1.82) is 0 Å². The summed E-state index contributed by atoms with van der Waals surface area (Å²) in [6.07, 6.45) is 2.14. The van der Waals surface area contributed by atoms with Gasteiger partial charge in [0.25, 0.3) is 0 Å². The molecule has 0 N–H and O–H groups in total. The second-order valence-electron chi connectivity index (χ2n) is 2.24. The molecule has 11 heavy (non-hydrogen) atoms. The SMILES string of the molecule is CSCSCc1ccccc1. The zero-order chi connectivity index (χ0) is 7.94. The van der Waals surface area contributed by atoms with Gasteiger partial charge in [0, 0.05) is 10.8 Å². The van der Waals surface area contributed by atoms with Gasteiger partial charge in [-0.3, -0.25) is 0 Å². The lowest BCUT2D eigenvalue weighted by atomic mass is 10.2. The molecule has 60 valence electrons. The molecule has 0 aliphatic carbocycles. The molecule has 0 aliphatic rings. The van der Waals surface area contributed by atoms with Crippen LogP contribution in [0.25, 0.3) is 0 Å². The van der Waals surface area contributed by atoms with Gasteiger partial charge in [-0.25, -0.2) is 0 Å². The van der Waals surface area contributed by atoms with Crippen LogP contribution < -0.4 is 0 Å². The van der Waals surface area contributed by atoms with Crippen LogP contribution in [0.4, 0.5) is 0 Å². The van der Waals surface area contributed by atoms with Crippen LogP contribution in [0.15, 0.2) is 30.3 Å². The second-order valence-corrected chi connectivity index (χ2v) is 4.46. The van der Waals surface area contributed by atoms with Crippen molar-refractivity contribution >= 4 is 23.5 Å². The fraction of sp³-hybridized carbons (Fsp3) is 0.333. The van der Waals surface area contributed by atoms with E-state index in [9.17, 15) is 0 Å². The van der Waals surface area contributed by atoms with E-state index >= 15 is 0 Å². The maximum absolute atomic E-state index is 2.17. The summed E-state index contributed by atoms with van der Waals surface area (Å²) in [4.78, 5) is 0. The van der Waals surface area contributed by atoms with E-state index in [1.165, 1.54) is 10.6 Å². The lowest BCUT2D eigenvalue weighted by Gasteiger charge is -1.98. The number of hydrogen-bond donors (Lipinski definition) is 0. The van der Waals surface area contributed by atoms with Gasteiger partial charge in [0.15, 0.2) is 0 Å². The second kappa shape index (κ2) is 5.56. The third-order valence-electron chi connectivity index (χ3n) is 1.31. The summed E-state index contributed by atoms with van der Waals surface area (Å²) in [6, 6.07) is 10.6. The Hall–Kier alpha value is -0.0800. The molecule has 0 heterocycles. The summed E-state index contributed by atoms with van der Waals surface area (Å²) < 4.78 is 0. The average molecular weight is 184 g/mol. The lowest BCUT2D eigenvalue weighted by Crippen LogP contribution is -1.78. The van der Waals surface area contributed by atoms with E-state index in [4.69, 9.17) is 0 Å². The highest BCUT2D eigenvalue weighted by Crippen LogP contribution is 2.15. The molecule has 0 saturated carbocycles. The van der Waals surface area contributed by atoms with Crippen LogP contribution in [0.1, 0.15) is 5.56 Å². The average Bonchev–Trinajstić information content (AvgIpc) is 2.07. The minimum Gasteiger partial charge on any atom is -0.154 e. The number of rotatable bonds is 4. The van der Waals surface area contributed by atoms with E-state index in [0.29, 0.717) is 0 Å². The first-order chi connectivity index (χ1) is 5.43. The monoisotopic (exact) mass is 184 g/mol. The van der Waals surface area contributed by atoms with Crippen molar-refractivity contribution in [2.75, 3.05) is 11.3 Å². The van der Waals surface area contributed by atoms with E-state index in [1.807, 2.05) is 23.5 Å². The van der Waals surface area contributed by atoms with Gasteiger partial charge in [-0.2, -0.15) is 11.8 Å². The van der Waals surface area contributed by atoms with E-state index in [0.717, 1.165) is 5.75 Å². The number of thioether (sulfide) groups is 2. The summed E-state index contributed by atoms with van der Waals surface area (Å²) in [5.41, 5.74) is 1.42. The van der Waals surface area contributed by atoms with Gasteiger partial charge in [-0.1, -0.05) is 30.3 Å². The Kier molecular flexibility index (Phi) is 4.55. The van der Waals surface area contributed by atoms with Crippen LogP contribution in [0.2, 0.25) is 0 Å². The predicted octanol–water partition coefficient (Wildman–Crippen LogP) is 3.24. The quantitative estimate of drug-likeness (QED) is 0.520. The molecule has 0 unspecified atom stereocenters. The first kappa shape index (κ1) is 9.01. The normalized spacial score (nSPS) is 9.91. The summed E-state index contributed by atoms with van der Waals surface area (Å²) >= 11 is 3.85. The Morgan fingerprint density at radius 3 is 2.55 bits per heavy atom. The van der Waals surface area contributed by atoms with Gasteiger partial charge in [0.2, 0.25) is 0 Å². The Morgan fingerprint density at radius 2 is 1.91 bits per heavy atom. The molecule has 0 aliphatic heterocycles. The zero-order valence-corrected chi connectivity index (χ0v) is 8.25. The minimum absolute atomic E-state index is 1.14. The zero-order valence-electron chi connectivity index (χ0n) is 6.62. The van der Waals surface area contributed by atoms with Gasteiger partial charge in [-0.05, 0) is 11.8 Å². The lowest BCUT2D eigenvalue weighted by molar-refractivity contribution is 1.42. The molecule has 0 aromatic heterocycles. The summed E-state index contributed by atoms with van der Waals surface area (Å²) in [5.74, 6) is 1.14. The van der Waals surface area contributed by atoms with Crippen molar-refractivity contribution < 1.29 is 0 Å². The van der Waals surface area contributed by atoms with Crippen molar-refractivity contribution in [2.45, 2.75) is 5.75 Å². The van der Waals surface area contributed by atoms with E-state index < -0.39 is 0 Å². The number of benzene rings is 1. The molecule has 0 saturated heterocycles. The van der Waals surface area contributed by atoms with Crippen LogP contribution in [0.3, 0.4) is 0 Å². The standard InChI is InChI=1S/C9H12S2/c1-10-8-11-7-9-5-3-2-4-6-9/h2-6H,7-8H2,1H3. The molecule has 0 bridgehead atoms. The van der Waals surface area contributed by atoms with Crippen LogP contribution in [-0.2, 0) is 5.75 Å². The first-order valence-corrected chi connectivity index (χ1v) is 6.09. The Labute approximate surface area is 76.8 Å². The topological polar surface area (TPSA) is 0 Å². The fourth-order valence-corrected chi connectivity index (χ4v) is 2.25. The van der Waals surface area contributed by atoms with E-state index in [-0.39, 0.29) is 0 Å². The summed E-state index contributed by atoms with van der Waals surface area (Å²) in [6.45, 7) is 0. The molecule has 0 nitrogen and oxygen atoms in total. The van der Waals surface area contributed by atoms with Gasteiger partial charge in [0.1, 0.15) is 0 Å². The first-order valence-electron chi connectivity index (χ1n) is 3.54. The molecule has 0 spiro atoms. The number of hydrogen-bond acceptors (Lipinski definition) is 2. The van der Waals surface area contributed by atoms with Gasteiger partial charge in [-0.15, -0.1) is 11.8 Å². The van der Waals surface area contributed by atoms with E-state index in [2.05, 4.69) is 36.6 Å². The van der Waals surface area contributed by atoms with Gasteiger partial charge < -0.3 is 0 Å². The molecule has 0 atom stereocenters. The fourth-order valence-electron chi connectivity index (χ4n) is 0.817. The van der Waals surface area contributed by atoms with Crippen molar-refractivity contribution in [1.82, 2.24) is 0 Å². The molecule has 1 rings (SSSR count). The molecule has 0 radical (unpaired) electrons. The third-order valence-corrected chi connectivity index (χ3v) is 3.46. The predicted molar refractivity (Wildman–Crippen MR) is 56.1 cm³/mol. The van der Waals surface area contributed by atoms with Gasteiger partial charge >= 0.3 is 0 Å².